The normalized spacial score (nSPS) is 11.1. The molecule has 0 aliphatic heterocycles. The van der Waals surface area contributed by atoms with Crippen molar-refractivity contribution in [2.24, 2.45) is 0 Å². The fraction of sp³-hybridized carbons (Fsp3) is 0.100. The standard InChI is InChI=1S/C10H6Br2O2/c11-10(12)9-5-7(13)6-3-1-2-4-8(6)14-9/h1-5,10H. The minimum atomic E-state index is -0.132. The van der Waals surface area contributed by atoms with Crippen molar-refractivity contribution in [1.29, 1.82) is 0 Å². The van der Waals surface area contributed by atoms with E-state index in [0.29, 0.717) is 16.7 Å². The van der Waals surface area contributed by atoms with Crippen molar-refractivity contribution in [3.8, 4) is 0 Å². The maximum absolute atomic E-state index is 11.6. The molecule has 0 unspecified atom stereocenters. The van der Waals surface area contributed by atoms with Gasteiger partial charge in [0.25, 0.3) is 0 Å². The van der Waals surface area contributed by atoms with E-state index in [1.54, 1.807) is 12.1 Å². The SMILES string of the molecule is O=c1cc(C(Br)Br)oc2ccccc12. The maximum Gasteiger partial charge on any atom is 0.193 e. The van der Waals surface area contributed by atoms with E-state index in [9.17, 15) is 4.79 Å². The number of para-hydroxylation sites is 1. The second-order valence-corrected chi connectivity index (χ2v) is 5.87. The van der Waals surface area contributed by atoms with Crippen molar-refractivity contribution in [1.82, 2.24) is 0 Å². The molecule has 0 fully saturated rings. The van der Waals surface area contributed by atoms with E-state index < -0.39 is 0 Å². The molecule has 0 spiro atoms. The minimum absolute atomic E-state index is 0.0225. The number of halogens is 2. The topological polar surface area (TPSA) is 30.2 Å². The largest absolute Gasteiger partial charge is 0.459 e. The smallest absolute Gasteiger partial charge is 0.193 e. The molecule has 0 radical (unpaired) electrons. The van der Waals surface area contributed by atoms with Gasteiger partial charge in [0, 0.05) is 6.07 Å². The highest BCUT2D eigenvalue weighted by molar-refractivity contribution is 9.24. The predicted molar refractivity (Wildman–Crippen MR) is 63.1 cm³/mol. The molecule has 0 saturated carbocycles. The Balaban J connectivity index is 2.79. The van der Waals surface area contributed by atoms with Crippen LogP contribution in [0.15, 0.2) is 39.5 Å². The molecule has 0 aliphatic carbocycles. The van der Waals surface area contributed by atoms with E-state index in [1.165, 1.54) is 6.07 Å². The van der Waals surface area contributed by atoms with Crippen molar-refractivity contribution in [2.45, 2.75) is 3.74 Å². The Kier molecular flexibility index (Phi) is 2.74. The van der Waals surface area contributed by atoms with Gasteiger partial charge in [0.15, 0.2) is 5.43 Å². The summed E-state index contributed by atoms with van der Waals surface area (Å²) in [7, 11) is 0. The molecule has 72 valence electrons. The van der Waals surface area contributed by atoms with Crippen molar-refractivity contribution in [2.75, 3.05) is 0 Å². The first-order chi connectivity index (χ1) is 6.68. The molecule has 0 saturated heterocycles. The number of hydrogen-bond acceptors (Lipinski definition) is 2. The van der Waals surface area contributed by atoms with E-state index in [2.05, 4.69) is 31.9 Å². The zero-order chi connectivity index (χ0) is 10.1. The lowest BCUT2D eigenvalue weighted by Crippen LogP contribution is -2.01. The Morgan fingerprint density at radius 2 is 1.93 bits per heavy atom. The number of rotatable bonds is 1. The highest BCUT2D eigenvalue weighted by Crippen LogP contribution is 2.29. The lowest BCUT2D eigenvalue weighted by atomic mass is 10.2. The van der Waals surface area contributed by atoms with Gasteiger partial charge in [0.1, 0.15) is 15.1 Å². The van der Waals surface area contributed by atoms with Crippen LogP contribution in [0.5, 0.6) is 0 Å². The van der Waals surface area contributed by atoms with Crippen molar-refractivity contribution >= 4 is 42.8 Å². The Labute approximate surface area is 97.2 Å². The summed E-state index contributed by atoms with van der Waals surface area (Å²) in [6.45, 7) is 0. The molecule has 2 aromatic rings. The first kappa shape index (κ1) is 9.93. The summed E-state index contributed by atoms with van der Waals surface area (Å²) in [4.78, 5) is 11.6. The summed E-state index contributed by atoms with van der Waals surface area (Å²) >= 11 is 6.57. The molecule has 14 heavy (non-hydrogen) atoms. The van der Waals surface area contributed by atoms with Gasteiger partial charge in [-0.3, -0.25) is 4.79 Å². The monoisotopic (exact) mass is 316 g/mol. The van der Waals surface area contributed by atoms with Gasteiger partial charge in [-0.15, -0.1) is 0 Å². The van der Waals surface area contributed by atoms with Crippen molar-refractivity contribution in [3.05, 3.63) is 46.3 Å². The Morgan fingerprint density at radius 1 is 1.21 bits per heavy atom. The third kappa shape index (κ3) is 1.77. The molecule has 0 amide bonds. The Bertz CT molecular complexity index is 517. The predicted octanol–water partition coefficient (Wildman–Crippen LogP) is 3.58. The van der Waals surface area contributed by atoms with Crippen LogP contribution in [-0.2, 0) is 0 Å². The second-order valence-electron chi connectivity index (χ2n) is 2.81. The quantitative estimate of drug-likeness (QED) is 0.753. The summed E-state index contributed by atoms with van der Waals surface area (Å²) in [5, 5.41) is 0.608. The second kappa shape index (κ2) is 3.87. The third-order valence-corrected chi connectivity index (χ3v) is 2.77. The van der Waals surface area contributed by atoms with Crippen LogP contribution < -0.4 is 5.43 Å². The van der Waals surface area contributed by atoms with Gasteiger partial charge in [0.05, 0.1) is 5.39 Å². The van der Waals surface area contributed by atoms with Crippen LogP contribution in [0.1, 0.15) is 9.50 Å². The Hall–Kier alpha value is -0.610. The van der Waals surface area contributed by atoms with Gasteiger partial charge < -0.3 is 4.42 Å². The zero-order valence-corrected chi connectivity index (χ0v) is 10.2. The van der Waals surface area contributed by atoms with Gasteiger partial charge in [-0.05, 0) is 12.1 Å². The lowest BCUT2D eigenvalue weighted by Gasteiger charge is -2.02. The summed E-state index contributed by atoms with van der Waals surface area (Å²) in [5.41, 5.74) is 0.588. The highest BCUT2D eigenvalue weighted by atomic mass is 79.9. The average molecular weight is 318 g/mol. The molecule has 4 heteroatoms. The van der Waals surface area contributed by atoms with Gasteiger partial charge in [0.2, 0.25) is 0 Å². The fourth-order valence-electron chi connectivity index (χ4n) is 1.23. The molecule has 0 bridgehead atoms. The first-order valence-electron chi connectivity index (χ1n) is 3.99. The van der Waals surface area contributed by atoms with Crippen LogP contribution in [0.4, 0.5) is 0 Å². The van der Waals surface area contributed by atoms with E-state index in [0.717, 1.165) is 0 Å². The number of fused-ring (bicyclic) bond motifs is 1. The molecular weight excluding hydrogens is 312 g/mol. The summed E-state index contributed by atoms with van der Waals surface area (Å²) in [6.07, 6.45) is 0. The molecule has 1 heterocycles. The summed E-state index contributed by atoms with van der Waals surface area (Å²) in [6, 6.07) is 8.67. The lowest BCUT2D eigenvalue weighted by molar-refractivity contribution is 0.560. The van der Waals surface area contributed by atoms with Crippen LogP contribution >= 0.6 is 31.9 Å². The zero-order valence-electron chi connectivity index (χ0n) is 7.04. The molecule has 0 atom stereocenters. The van der Waals surface area contributed by atoms with Crippen molar-refractivity contribution < 1.29 is 4.42 Å². The molecule has 2 nitrogen and oxygen atoms in total. The summed E-state index contributed by atoms with van der Waals surface area (Å²) in [5.74, 6) is 0.578. The fourth-order valence-corrected chi connectivity index (χ4v) is 1.68. The van der Waals surface area contributed by atoms with Crippen LogP contribution in [-0.4, -0.2) is 0 Å². The first-order valence-corrected chi connectivity index (χ1v) is 5.82. The molecule has 1 aromatic carbocycles. The van der Waals surface area contributed by atoms with E-state index >= 15 is 0 Å². The van der Waals surface area contributed by atoms with E-state index in [-0.39, 0.29) is 9.17 Å². The molecule has 2 rings (SSSR count). The molecule has 0 N–H and O–H groups in total. The highest BCUT2D eigenvalue weighted by Gasteiger charge is 2.08. The molecule has 1 aromatic heterocycles. The van der Waals surface area contributed by atoms with Gasteiger partial charge in [-0.2, -0.15) is 0 Å². The van der Waals surface area contributed by atoms with E-state index in [1.807, 2.05) is 12.1 Å². The number of hydrogen-bond donors (Lipinski definition) is 0. The van der Waals surface area contributed by atoms with Gasteiger partial charge >= 0.3 is 0 Å². The molecule has 0 aliphatic rings. The number of alkyl halides is 2. The van der Waals surface area contributed by atoms with E-state index in [4.69, 9.17) is 4.42 Å². The van der Waals surface area contributed by atoms with Crippen molar-refractivity contribution in [3.63, 3.8) is 0 Å². The summed E-state index contributed by atoms with van der Waals surface area (Å²) < 4.78 is 5.38. The Morgan fingerprint density at radius 3 is 2.64 bits per heavy atom. The van der Waals surface area contributed by atoms with Crippen LogP contribution in [0.3, 0.4) is 0 Å². The minimum Gasteiger partial charge on any atom is -0.459 e. The third-order valence-electron chi connectivity index (χ3n) is 1.87. The van der Waals surface area contributed by atoms with Crippen LogP contribution in [0, 0.1) is 0 Å². The average Bonchev–Trinajstić information content (AvgIpc) is 2.17. The van der Waals surface area contributed by atoms with Crippen LogP contribution in [0.25, 0.3) is 11.0 Å². The van der Waals surface area contributed by atoms with Gasteiger partial charge in [-0.25, -0.2) is 0 Å². The maximum atomic E-state index is 11.6. The van der Waals surface area contributed by atoms with Gasteiger partial charge in [-0.1, -0.05) is 44.0 Å². The number of benzene rings is 1. The van der Waals surface area contributed by atoms with Crippen LogP contribution in [0.2, 0.25) is 0 Å². The molecular formula is C10H6Br2O2.